The molecule has 0 radical (unpaired) electrons. The Hall–Kier alpha value is -1.50. The molecule has 1 aliphatic heterocycles. The number of halogens is 2. The van der Waals surface area contributed by atoms with E-state index >= 15 is 0 Å². The molecule has 25 heavy (non-hydrogen) atoms. The van der Waals surface area contributed by atoms with E-state index in [-0.39, 0.29) is 17.9 Å². The van der Waals surface area contributed by atoms with Crippen LogP contribution in [0.3, 0.4) is 0 Å². The fourth-order valence-electron chi connectivity index (χ4n) is 2.79. The first-order valence-corrected chi connectivity index (χ1v) is 9.64. The number of benzene rings is 1. The summed E-state index contributed by atoms with van der Waals surface area (Å²) in [5.74, 6) is -0.604. The second-order valence-corrected chi connectivity index (χ2v) is 7.74. The van der Waals surface area contributed by atoms with E-state index in [9.17, 15) is 9.59 Å². The van der Waals surface area contributed by atoms with Crippen LogP contribution in [0, 0.1) is 0 Å². The molecular weight excluding hydrogens is 381 g/mol. The minimum Gasteiger partial charge on any atom is -0.350 e. The van der Waals surface area contributed by atoms with Gasteiger partial charge in [0.25, 0.3) is 5.91 Å². The van der Waals surface area contributed by atoms with Crippen LogP contribution in [0.2, 0.25) is 10.0 Å². The van der Waals surface area contributed by atoms with E-state index in [1.807, 2.05) is 0 Å². The van der Waals surface area contributed by atoms with E-state index in [1.165, 1.54) is 12.5 Å². The van der Waals surface area contributed by atoms with Crippen LogP contribution in [0.5, 0.6) is 0 Å². The van der Waals surface area contributed by atoms with Crippen molar-refractivity contribution in [2.75, 3.05) is 0 Å². The molecule has 2 aliphatic rings. The van der Waals surface area contributed by atoms with Gasteiger partial charge in [-0.2, -0.15) is 0 Å². The Labute approximate surface area is 160 Å². The van der Waals surface area contributed by atoms with Gasteiger partial charge in [-0.25, -0.2) is 4.99 Å². The maximum atomic E-state index is 12.1. The molecule has 1 saturated heterocycles. The van der Waals surface area contributed by atoms with E-state index in [0.717, 1.165) is 37.4 Å². The lowest BCUT2D eigenvalue weighted by molar-refractivity contribution is -0.118. The second-order valence-electron chi connectivity index (χ2n) is 5.90. The average molecular weight is 398 g/mol. The van der Waals surface area contributed by atoms with E-state index in [2.05, 4.69) is 15.6 Å². The molecule has 0 bridgehead atoms. The van der Waals surface area contributed by atoms with Crippen LogP contribution < -0.4 is 10.6 Å². The summed E-state index contributed by atoms with van der Waals surface area (Å²) in [5, 5.41) is 6.71. The van der Waals surface area contributed by atoms with Crippen LogP contribution in [0.15, 0.2) is 34.2 Å². The van der Waals surface area contributed by atoms with Crippen LogP contribution in [0.1, 0.15) is 32.1 Å². The number of thioether (sulfide) groups is 1. The SMILES string of the molecule is O=C(/C=C1\SC(=Nc2c(Cl)cccc2Cl)NC1=O)NC1CCCCC1. The third-order valence-corrected chi connectivity index (χ3v) is 5.54. The predicted octanol–water partition coefficient (Wildman–Crippen LogP) is 4.18. The number of hydrogen-bond acceptors (Lipinski definition) is 4. The van der Waals surface area contributed by atoms with Gasteiger partial charge in [0.2, 0.25) is 5.91 Å². The zero-order chi connectivity index (χ0) is 17.8. The lowest BCUT2D eigenvalue weighted by Gasteiger charge is -2.21. The van der Waals surface area contributed by atoms with E-state index < -0.39 is 0 Å². The van der Waals surface area contributed by atoms with Gasteiger partial charge in [-0.1, -0.05) is 48.5 Å². The van der Waals surface area contributed by atoms with Gasteiger partial charge in [0, 0.05) is 12.1 Å². The zero-order valence-electron chi connectivity index (χ0n) is 13.4. The lowest BCUT2D eigenvalue weighted by atomic mass is 9.95. The van der Waals surface area contributed by atoms with Crippen LogP contribution in [0.4, 0.5) is 5.69 Å². The Morgan fingerprint density at radius 2 is 1.92 bits per heavy atom. The predicted molar refractivity (Wildman–Crippen MR) is 102 cm³/mol. The molecule has 3 rings (SSSR count). The number of carbonyl (C=O) groups is 2. The number of amidine groups is 1. The number of para-hydroxylation sites is 1. The van der Waals surface area contributed by atoms with Crippen molar-refractivity contribution in [2.24, 2.45) is 4.99 Å². The molecule has 132 valence electrons. The Balaban J connectivity index is 1.69. The molecule has 2 fully saturated rings. The number of aliphatic imine (C=N–C) groups is 1. The van der Waals surface area contributed by atoms with Gasteiger partial charge in [0.05, 0.1) is 15.0 Å². The molecular formula is C17H17Cl2N3O2S. The summed E-state index contributed by atoms with van der Waals surface area (Å²) in [5.41, 5.74) is 0.390. The van der Waals surface area contributed by atoms with Crippen molar-refractivity contribution in [1.29, 1.82) is 0 Å². The van der Waals surface area contributed by atoms with Crippen molar-refractivity contribution in [3.05, 3.63) is 39.2 Å². The fraction of sp³-hybridized carbons (Fsp3) is 0.353. The normalized spacial score (nSPS) is 21.6. The number of carbonyl (C=O) groups excluding carboxylic acids is 2. The summed E-state index contributed by atoms with van der Waals surface area (Å²) in [6, 6.07) is 5.25. The molecule has 0 unspecified atom stereocenters. The van der Waals surface area contributed by atoms with Gasteiger partial charge in [-0.05, 0) is 36.7 Å². The molecule has 8 heteroatoms. The van der Waals surface area contributed by atoms with Crippen molar-refractivity contribution in [3.63, 3.8) is 0 Å². The second kappa shape index (κ2) is 8.25. The summed E-state index contributed by atoms with van der Waals surface area (Å²) in [4.78, 5) is 28.8. The van der Waals surface area contributed by atoms with Gasteiger partial charge < -0.3 is 10.6 Å². The summed E-state index contributed by atoms with van der Waals surface area (Å²) >= 11 is 13.3. The minimum absolute atomic E-state index is 0.197. The molecule has 5 nitrogen and oxygen atoms in total. The van der Waals surface area contributed by atoms with E-state index in [4.69, 9.17) is 23.2 Å². The monoisotopic (exact) mass is 397 g/mol. The molecule has 0 atom stereocenters. The summed E-state index contributed by atoms with van der Waals surface area (Å²) < 4.78 is 0. The Bertz CT molecular complexity index is 738. The van der Waals surface area contributed by atoms with Crippen molar-refractivity contribution < 1.29 is 9.59 Å². The first-order valence-electron chi connectivity index (χ1n) is 8.07. The fourth-order valence-corrected chi connectivity index (χ4v) is 4.07. The van der Waals surface area contributed by atoms with Crippen molar-refractivity contribution in [3.8, 4) is 0 Å². The van der Waals surface area contributed by atoms with Crippen LogP contribution >= 0.6 is 35.0 Å². The summed E-state index contributed by atoms with van der Waals surface area (Å²) in [6.45, 7) is 0. The molecule has 1 aliphatic carbocycles. The van der Waals surface area contributed by atoms with E-state index in [1.54, 1.807) is 18.2 Å². The summed E-state index contributed by atoms with van der Waals surface area (Å²) in [7, 11) is 0. The van der Waals surface area contributed by atoms with Crippen molar-refractivity contribution >= 4 is 57.6 Å². The smallest absolute Gasteiger partial charge is 0.264 e. The quantitative estimate of drug-likeness (QED) is 0.751. The van der Waals surface area contributed by atoms with Gasteiger partial charge >= 0.3 is 0 Å². The highest BCUT2D eigenvalue weighted by atomic mass is 35.5. The molecule has 1 saturated carbocycles. The number of nitrogens with one attached hydrogen (secondary N) is 2. The highest BCUT2D eigenvalue weighted by Crippen LogP contribution is 2.35. The molecule has 0 aromatic heterocycles. The minimum atomic E-state index is -0.356. The number of nitrogens with zero attached hydrogens (tertiary/aromatic N) is 1. The largest absolute Gasteiger partial charge is 0.350 e. The van der Waals surface area contributed by atoms with Crippen LogP contribution in [0.25, 0.3) is 0 Å². The zero-order valence-corrected chi connectivity index (χ0v) is 15.7. The maximum absolute atomic E-state index is 12.1. The average Bonchev–Trinajstić information content (AvgIpc) is 2.91. The standard InChI is InChI=1S/C17H17Cl2N3O2S/c18-11-7-4-8-12(19)15(11)21-17-22-16(24)13(25-17)9-14(23)20-10-5-2-1-3-6-10/h4,7-10H,1-3,5-6H2,(H,20,23)(H,21,22,24)/b13-9-. The topological polar surface area (TPSA) is 70.6 Å². The molecule has 1 aromatic carbocycles. The van der Waals surface area contributed by atoms with E-state index in [0.29, 0.717) is 25.8 Å². The third kappa shape index (κ3) is 4.77. The first kappa shape index (κ1) is 18.3. The van der Waals surface area contributed by atoms with Gasteiger partial charge in [-0.15, -0.1) is 0 Å². The number of rotatable bonds is 3. The molecule has 2 amide bonds. The maximum Gasteiger partial charge on any atom is 0.264 e. The Morgan fingerprint density at radius 1 is 1.24 bits per heavy atom. The van der Waals surface area contributed by atoms with Gasteiger partial charge in [0.15, 0.2) is 5.17 Å². The highest BCUT2D eigenvalue weighted by Gasteiger charge is 2.26. The third-order valence-electron chi connectivity index (χ3n) is 4.02. The molecule has 0 spiro atoms. The van der Waals surface area contributed by atoms with Crippen molar-refractivity contribution in [2.45, 2.75) is 38.1 Å². The molecule has 2 N–H and O–H groups in total. The van der Waals surface area contributed by atoms with Crippen molar-refractivity contribution in [1.82, 2.24) is 10.6 Å². The Morgan fingerprint density at radius 3 is 2.60 bits per heavy atom. The number of amides is 2. The van der Waals surface area contributed by atoms with Crippen LogP contribution in [-0.4, -0.2) is 23.0 Å². The van der Waals surface area contributed by atoms with Gasteiger partial charge in [0.1, 0.15) is 5.69 Å². The molecule has 1 aromatic rings. The lowest BCUT2D eigenvalue weighted by Crippen LogP contribution is -2.35. The Kier molecular flexibility index (Phi) is 6.04. The number of hydrogen-bond donors (Lipinski definition) is 2. The van der Waals surface area contributed by atoms with Crippen LogP contribution in [-0.2, 0) is 9.59 Å². The summed E-state index contributed by atoms with van der Waals surface area (Å²) in [6.07, 6.45) is 6.79. The highest BCUT2D eigenvalue weighted by molar-refractivity contribution is 8.18. The molecule has 1 heterocycles. The first-order chi connectivity index (χ1) is 12.0. The van der Waals surface area contributed by atoms with Gasteiger partial charge in [-0.3, -0.25) is 9.59 Å².